The SMILES string of the molecule is C[C@H]1C[C@H]1C(=O)N1CCN(Cc2nc3sc4c(c3c(=O)[nH]2)CCCC4)CC1. The summed E-state index contributed by atoms with van der Waals surface area (Å²) in [5.41, 5.74) is 1.26. The van der Waals surface area contributed by atoms with Crippen LogP contribution in [0.1, 0.15) is 42.5 Å². The highest BCUT2D eigenvalue weighted by molar-refractivity contribution is 7.18. The van der Waals surface area contributed by atoms with Crippen molar-refractivity contribution in [1.29, 1.82) is 0 Å². The Morgan fingerprint density at radius 1 is 1.22 bits per heavy atom. The topological polar surface area (TPSA) is 69.3 Å². The van der Waals surface area contributed by atoms with Gasteiger partial charge < -0.3 is 9.88 Å². The summed E-state index contributed by atoms with van der Waals surface area (Å²) in [7, 11) is 0. The highest BCUT2D eigenvalue weighted by Gasteiger charge is 2.41. The Morgan fingerprint density at radius 3 is 2.70 bits per heavy atom. The van der Waals surface area contributed by atoms with Gasteiger partial charge in [-0.05, 0) is 43.6 Å². The molecule has 0 unspecified atom stereocenters. The fraction of sp³-hybridized carbons (Fsp3) is 0.650. The van der Waals surface area contributed by atoms with Crippen LogP contribution in [-0.2, 0) is 24.2 Å². The number of nitrogens with zero attached hydrogens (tertiary/aromatic N) is 3. The van der Waals surface area contributed by atoms with Crippen LogP contribution in [0.5, 0.6) is 0 Å². The lowest BCUT2D eigenvalue weighted by atomic mass is 9.97. The van der Waals surface area contributed by atoms with E-state index in [4.69, 9.17) is 4.98 Å². The molecule has 0 aromatic carbocycles. The Bertz CT molecular complexity index is 941. The first-order chi connectivity index (χ1) is 13.1. The Morgan fingerprint density at radius 2 is 1.96 bits per heavy atom. The second kappa shape index (κ2) is 6.71. The highest BCUT2D eigenvalue weighted by Crippen LogP contribution is 2.39. The molecular weight excluding hydrogens is 360 g/mol. The molecule has 1 saturated heterocycles. The quantitative estimate of drug-likeness (QED) is 0.878. The first-order valence-corrected chi connectivity index (χ1v) is 11.0. The van der Waals surface area contributed by atoms with Crippen molar-refractivity contribution in [2.45, 2.75) is 45.6 Å². The average Bonchev–Trinajstić information content (AvgIpc) is 3.27. The number of hydrogen-bond acceptors (Lipinski definition) is 5. The molecule has 2 aliphatic carbocycles. The maximum absolute atomic E-state index is 12.7. The summed E-state index contributed by atoms with van der Waals surface area (Å²) in [6.07, 6.45) is 5.53. The molecule has 1 amide bonds. The van der Waals surface area contributed by atoms with Gasteiger partial charge in [-0.25, -0.2) is 4.98 Å². The normalized spacial score (nSPS) is 25.6. The Labute approximate surface area is 162 Å². The Kier molecular flexibility index (Phi) is 4.31. The van der Waals surface area contributed by atoms with Gasteiger partial charge >= 0.3 is 0 Å². The molecule has 3 aliphatic rings. The third kappa shape index (κ3) is 3.21. The number of carbonyl (C=O) groups excluding carboxylic acids is 1. The minimum Gasteiger partial charge on any atom is -0.340 e. The van der Waals surface area contributed by atoms with Gasteiger partial charge in [-0.1, -0.05) is 6.92 Å². The van der Waals surface area contributed by atoms with Crippen molar-refractivity contribution in [2.24, 2.45) is 11.8 Å². The number of aryl methyl sites for hydroxylation is 2. The number of thiophene rings is 1. The number of carbonyl (C=O) groups is 1. The zero-order chi connectivity index (χ0) is 18.5. The number of H-pyrrole nitrogens is 1. The van der Waals surface area contributed by atoms with Gasteiger partial charge in [0.2, 0.25) is 5.91 Å². The van der Waals surface area contributed by atoms with Gasteiger partial charge in [-0.15, -0.1) is 11.3 Å². The van der Waals surface area contributed by atoms with Crippen LogP contribution in [0.25, 0.3) is 10.2 Å². The molecule has 6 nitrogen and oxygen atoms in total. The molecule has 1 N–H and O–H groups in total. The van der Waals surface area contributed by atoms with E-state index in [1.54, 1.807) is 11.3 Å². The molecule has 144 valence electrons. The van der Waals surface area contributed by atoms with Crippen LogP contribution in [-0.4, -0.2) is 51.9 Å². The molecule has 0 spiro atoms. The van der Waals surface area contributed by atoms with E-state index < -0.39 is 0 Å². The van der Waals surface area contributed by atoms with Crippen molar-refractivity contribution in [3.05, 3.63) is 26.6 Å². The van der Waals surface area contributed by atoms with Gasteiger partial charge in [0.25, 0.3) is 5.56 Å². The Hall–Kier alpha value is -1.73. The molecule has 1 aliphatic heterocycles. The minimum absolute atomic E-state index is 0.0194. The molecule has 5 rings (SSSR count). The summed E-state index contributed by atoms with van der Waals surface area (Å²) in [6.45, 7) is 6.05. The van der Waals surface area contributed by atoms with E-state index in [0.717, 1.165) is 61.5 Å². The number of hydrogen-bond donors (Lipinski definition) is 1. The lowest BCUT2D eigenvalue weighted by Crippen LogP contribution is -2.49. The average molecular weight is 387 g/mol. The number of amides is 1. The Balaban J connectivity index is 1.28. The van der Waals surface area contributed by atoms with Crippen molar-refractivity contribution < 1.29 is 4.79 Å². The molecule has 2 aromatic rings. The number of nitrogens with one attached hydrogen (secondary N) is 1. The van der Waals surface area contributed by atoms with Crippen LogP contribution in [0.3, 0.4) is 0 Å². The van der Waals surface area contributed by atoms with Crippen molar-refractivity contribution >= 4 is 27.5 Å². The van der Waals surface area contributed by atoms with Crippen molar-refractivity contribution in [3.63, 3.8) is 0 Å². The van der Waals surface area contributed by atoms with Crippen LogP contribution in [0.15, 0.2) is 4.79 Å². The second-order valence-electron chi connectivity index (χ2n) is 8.32. The van der Waals surface area contributed by atoms with E-state index in [-0.39, 0.29) is 11.5 Å². The standard InChI is InChI=1S/C20H26N4O2S/c1-12-10-14(12)20(26)24-8-6-23(7-9-24)11-16-21-18(25)17-13-4-2-3-5-15(13)27-19(17)22-16/h12,14H,2-11H2,1H3,(H,21,22,25)/t12-,14+/m0/s1. The monoisotopic (exact) mass is 386 g/mol. The number of aromatic nitrogens is 2. The highest BCUT2D eigenvalue weighted by atomic mass is 32.1. The van der Waals surface area contributed by atoms with Gasteiger partial charge in [0, 0.05) is 37.0 Å². The summed E-state index contributed by atoms with van der Waals surface area (Å²) >= 11 is 1.70. The largest absolute Gasteiger partial charge is 0.340 e. The third-order valence-electron chi connectivity index (χ3n) is 6.36. The molecule has 2 aromatic heterocycles. The second-order valence-corrected chi connectivity index (χ2v) is 9.41. The summed E-state index contributed by atoms with van der Waals surface area (Å²) in [6, 6.07) is 0. The summed E-state index contributed by atoms with van der Waals surface area (Å²) < 4.78 is 0. The van der Waals surface area contributed by atoms with E-state index in [1.165, 1.54) is 23.3 Å². The van der Waals surface area contributed by atoms with E-state index >= 15 is 0 Å². The van der Waals surface area contributed by atoms with Gasteiger partial charge in [-0.2, -0.15) is 0 Å². The minimum atomic E-state index is 0.0194. The van der Waals surface area contributed by atoms with Crippen LogP contribution >= 0.6 is 11.3 Å². The van der Waals surface area contributed by atoms with Crippen LogP contribution in [0.4, 0.5) is 0 Å². The van der Waals surface area contributed by atoms with Gasteiger partial charge in [0.1, 0.15) is 10.7 Å². The lowest BCUT2D eigenvalue weighted by Gasteiger charge is -2.34. The predicted molar refractivity (Wildman–Crippen MR) is 106 cm³/mol. The lowest BCUT2D eigenvalue weighted by molar-refractivity contribution is -0.134. The van der Waals surface area contributed by atoms with Gasteiger partial charge in [0.15, 0.2) is 0 Å². The molecule has 27 heavy (non-hydrogen) atoms. The summed E-state index contributed by atoms with van der Waals surface area (Å²) in [5.74, 6) is 1.91. The van der Waals surface area contributed by atoms with E-state index in [9.17, 15) is 9.59 Å². The molecule has 7 heteroatoms. The zero-order valence-corrected chi connectivity index (χ0v) is 16.6. The molecule has 0 bridgehead atoms. The first-order valence-electron chi connectivity index (χ1n) is 10.1. The zero-order valence-electron chi connectivity index (χ0n) is 15.8. The predicted octanol–water partition coefficient (Wildman–Crippen LogP) is 2.16. The third-order valence-corrected chi connectivity index (χ3v) is 7.54. The van der Waals surface area contributed by atoms with Crippen LogP contribution < -0.4 is 5.56 Å². The summed E-state index contributed by atoms with van der Waals surface area (Å²) in [5, 5.41) is 0.826. The first kappa shape index (κ1) is 17.4. The molecule has 2 fully saturated rings. The summed E-state index contributed by atoms with van der Waals surface area (Å²) in [4.78, 5) is 39.4. The maximum Gasteiger partial charge on any atom is 0.259 e. The van der Waals surface area contributed by atoms with E-state index in [2.05, 4.69) is 16.8 Å². The van der Waals surface area contributed by atoms with Crippen LogP contribution in [0.2, 0.25) is 0 Å². The fourth-order valence-electron chi connectivity index (χ4n) is 4.52. The van der Waals surface area contributed by atoms with Crippen molar-refractivity contribution in [2.75, 3.05) is 26.2 Å². The fourth-order valence-corrected chi connectivity index (χ4v) is 5.80. The molecule has 1 saturated carbocycles. The van der Waals surface area contributed by atoms with Gasteiger partial charge in [-0.3, -0.25) is 14.5 Å². The molecular formula is C20H26N4O2S. The molecule has 0 radical (unpaired) electrons. The van der Waals surface area contributed by atoms with E-state index in [1.807, 2.05) is 4.90 Å². The number of piperazine rings is 1. The van der Waals surface area contributed by atoms with Gasteiger partial charge in [0.05, 0.1) is 11.9 Å². The number of rotatable bonds is 3. The molecule has 2 atom stereocenters. The van der Waals surface area contributed by atoms with E-state index in [0.29, 0.717) is 18.4 Å². The number of aromatic amines is 1. The van der Waals surface area contributed by atoms with Crippen LogP contribution in [0, 0.1) is 11.8 Å². The number of fused-ring (bicyclic) bond motifs is 3. The van der Waals surface area contributed by atoms with Crippen molar-refractivity contribution in [1.82, 2.24) is 19.8 Å². The maximum atomic E-state index is 12.7. The van der Waals surface area contributed by atoms with Crippen molar-refractivity contribution in [3.8, 4) is 0 Å². The molecule has 3 heterocycles. The smallest absolute Gasteiger partial charge is 0.259 e.